The number of methoxy groups -OCH3 is 1. The van der Waals surface area contributed by atoms with Gasteiger partial charge in [0.2, 0.25) is 5.95 Å². The van der Waals surface area contributed by atoms with Gasteiger partial charge in [0.15, 0.2) is 0 Å². The zero-order chi connectivity index (χ0) is 15.2. The van der Waals surface area contributed by atoms with Crippen molar-refractivity contribution >= 4 is 11.9 Å². The summed E-state index contributed by atoms with van der Waals surface area (Å²) in [4.78, 5) is 22.3. The van der Waals surface area contributed by atoms with Gasteiger partial charge in [0.1, 0.15) is 5.75 Å². The third-order valence-corrected chi connectivity index (χ3v) is 2.88. The van der Waals surface area contributed by atoms with Crippen LogP contribution in [0.15, 0.2) is 36.5 Å². The molecular weight excluding hydrogens is 268 g/mol. The Morgan fingerprint density at radius 1 is 1.24 bits per heavy atom. The van der Waals surface area contributed by atoms with Crippen molar-refractivity contribution < 1.29 is 9.53 Å². The summed E-state index contributed by atoms with van der Waals surface area (Å²) in [6.45, 7) is 0.355. The molecule has 0 unspecified atom stereocenters. The van der Waals surface area contributed by atoms with Gasteiger partial charge in [-0.2, -0.15) is 0 Å². The lowest BCUT2D eigenvalue weighted by Crippen LogP contribution is -2.24. The number of benzene rings is 1. The molecule has 0 atom stereocenters. The molecule has 21 heavy (non-hydrogen) atoms. The average Bonchev–Trinajstić information content (AvgIpc) is 2.53. The van der Waals surface area contributed by atoms with Crippen molar-refractivity contribution in [2.75, 3.05) is 26.1 Å². The number of nitrogens with one attached hydrogen (secondary N) is 1. The highest BCUT2D eigenvalue weighted by molar-refractivity contribution is 5.94. The molecule has 2 rings (SSSR count). The number of nitrogens with zero attached hydrogens (tertiary/aromatic N) is 3. The third kappa shape index (κ3) is 3.92. The average molecular weight is 286 g/mol. The second-order valence-electron chi connectivity index (χ2n) is 4.65. The minimum absolute atomic E-state index is 0.150. The van der Waals surface area contributed by atoms with Gasteiger partial charge in [0, 0.05) is 25.9 Å². The Morgan fingerprint density at radius 2 is 1.95 bits per heavy atom. The maximum absolute atomic E-state index is 12.0. The minimum atomic E-state index is -0.150. The quantitative estimate of drug-likeness (QED) is 0.901. The molecule has 6 nitrogen and oxygen atoms in total. The second-order valence-corrected chi connectivity index (χ2v) is 4.65. The van der Waals surface area contributed by atoms with Gasteiger partial charge in [0.25, 0.3) is 5.91 Å². The maximum atomic E-state index is 12.0. The lowest BCUT2D eigenvalue weighted by atomic mass is 10.2. The van der Waals surface area contributed by atoms with Gasteiger partial charge in [-0.25, -0.2) is 9.97 Å². The highest BCUT2D eigenvalue weighted by atomic mass is 16.5. The highest BCUT2D eigenvalue weighted by Gasteiger charge is 2.07. The number of hydrogen-bond acceptors (Lipinski definition) is 5. The summed E-state index contributed by atoms with van der Waals surface area (Å²) in [7, 11) is 5.33. The molecular formula is C15H18N4O2. The van der Waals surface area contributed by atoms with Crippen molar-refractivity contribution in [3.05, 3.63) is 47.8 Å². The monoisotopic (exact) mass is 286 g/mol. The van der Waals surface area contributed by atoms with Crippen LogP contribution in [0.3, 0.4) is 0 Å². The number of hydrogen-bond donors (Lipinski definition) is 1. The molecule has 1 aromatic carbocycles. The van der Waals surface area contributed by atoms with Crippen molar-refractivity contribution in [3.8, 4) is 5.75 Å². The van der Waals surface area contributed by atoms with Crippen LogP contribution in [0, 0.1) is 0 Å². The zero-order valence-electron chi connectivity index (χ0n) is 12.3. The van der Waals surface area contributed by atoms with E-state index >= 15 is 0 Å². The van der Waals surface area contributed by atoms with Gasteiger partial charge >= 0.3 is 0 Å². The van der Waals surface area contributed by atoms with E-state index in [1.165, 1.54) is 0 Å². The summed E-state index contributed by atoms with van der Waals surface area (Å²) in [5.41, 5.74) is 1.34. The largest absolute Gasteiger partial charge is 0.497 e. The van der Waals surface area contributed by atoms with Gasteiger partial charge in [-0.3, -0.25) is 4.79 Å². The predicted molar refractivity (Wildman–Crippen MR) is 80.5 cm³/mol. The van der Waals surface area contributed by atoms with E-state index in [0.29, 0.717) is 18.1 Å². The number of rotatable bonds is 5. The molecule has 0 saturated heterocycles. The molecule has 2 aromatic rings. The number of amides is 1. The Morgan fingerprint density at radius 3 is 2.57 bits per heavy atom. The normalized spacial score (nSPS) is 10.0. The van der Waals surface area contributed by atoms with E-state index in [9.17, 15) is 4.79 Å². The van der Waals surface area contributed by atoms with Crippen molar-refractivity contribution in [2.24, 2.45) is 0 Å². The molecule has 0 radical (unpaired) electrons. The van der Waals surface area contributed by atoms with Crippen LogP contribution < -0.4 is 15.0 Å². The van der Waals surface area contributed by atoms with E-state index in [2.05, 4.69) is 15.3 Å². The zero-order valence-corrected chi connectivity index (χ0v) is 12.3. The van der Waals surface area contributed by atoms with E-state index < -0.39 is 0 Å². The van der Waals surface area contributed by atoms with E-state index in [1.807, 2.05) is 19.0 Å². The maximum Gasteiger partial charge on any atom is 0.251 e. The van der Waals surface area contributed by atoms with Crippen molar-refractivity contribution in [2.45, 2.75) is 6.54 Å². The number of aromatic nitrogens is 2. The first-order valence-electron chi connectivity index (χ1n) is 6.51. The molecule has 6 heteroatoms. The molecule has 110 valence electrons. The van der Waals surface area contributed by atoms with Crippen LogP contribution in [-0.2, 0) is 6.54 Å². The fourth-order valence-electron chi connectivity index (χ4n) is 1.71. The number of carbonyl (C=O) groups excluding carboxylic acids is 1. The lowest BCUT2D eigenvalue weighted by Gasteiger charge is -2.11. The van der Waals surface area contributed by atoms with Gasteiger partial charge in [-0.1, -0.05) is 0 Å². The Labute approximate surface area is 123 Å². The standard InChI is InChI=1S/C15H18N4O2/c1-19(2)15-16-9-8-12(18-15)10-17-14(20)11-4-6-13(21-3)7-5-11/h4-9H,10H2,1-3H3,(H,17,20). The summed E-state index contributed by atoms with van der Waals surface area (Å²) >= 11 is 0. The highest BCUT2D eigenvalue weighted by Crippen LogP contribution is 2.11. The van der Waals surface area contributed by atoms with Crippen LogP contribution in [-0.4, -0.2) is 37.1 Å². The molecule has 0 aliphatic rings. The lowest BCUT2D eigenvalue weighted by molar-refractivity contribution is 0.0950. The Kier molecular flexibility index (Phi) is 4.71. The molecule has 1 N–H and O–H groups in total. The molecule has 0 saturated carbocycles. The fourth-order valence-corrected chi connectivity index (χ4v) is 1.71. The summed E-state index contributed by atoms with van der Waals surface area (Å²) in [6, 6.07) is 8.73. The Balaban J connectivity index is 1.98. The molecule has 0 bridgehead atoms. The van der Waals surface area contributed by atoms with E-state index in [4.69, 9.17) is 4.74 Å². The fraction of sp³-hybridized carbons (Fsp3) is 0.267. The molecule has 1 aromatic heterocycles. The van der Waals surface area contributed by atoms with E-state index in [-0.39, 0.29) is 5.91 Å². The summed E-state index contributed by atoms with van der Waals surface area (Å²) < 4.78 is 5.06. The smallest absolute Gasteiger partial charge is 0.251 e. The summed E-state index contributed by atoms with van der Waals surface area (Å²) in [6.07, 6.45) is 1.68. The number of ether oxygens (including phenoxy) is 1. The number of anilines is 1. The molecule has 0 spiro atoms. The van der Waals surface area contributed by atoms with Gasteiger partial charge in [0.05, 0.1) is 19.3 Å². The van der Waals surface area contributed by atoms with Gasteiger partial charge in [-0.15, -0.1) is 0 Å². The molecule has 0 fully saturated rings. The molecule has 1 amide bonds. The Bertz CT molecular complexity index is 611. The second kappa shape index (κ2) is 6.69. The predicted octanol–water partition coefficient (Wildman–Crippen LogP) is 1.48. The first-order valence-corrected chi connectivity index (χ1v) is 6.51. The van der Waals surface area contributed by atoms with Crippen molar-refractivity contribution in [3.63, 3.8) is 0 Å². The first-order chi connectivity index (χ1) is 10.1. The SMILES string of the molecule is COc1ccc(C(=O)NCc2ccnc(N(C)C)n2)cc1. The van der Waals surface area contributed by atoms with Crippen LogP contribution in [0.25, 0.3) is 0 Å². The van der Waals surface area contributed by atoms with Crippen LogP contribution in [0.5, 0.6) is 5.75 Å². The topological polar surface area (TPSA) is 67.3 Å². The van der Waals surface area contributed by atoms with Gasteiger partial charge in [-0.05, 0) is 30.3 Å². The van der Waals surface area contributed by atoms with Crippen LogP contribution in [0.1, 0.15) is 16.1 Å². The van der Waals surface area contributed by atoms with Crippen molar-refractivity contribution in [1.29, 1.82) is 0 Å². The van der Waals surface area contributed by atoms with Gasteiger partial charge < -0.3 is 15.0 Å². The molecule has 1 heterocycles. The number of carbonyl (C=O) groups is 1. The van der Waals surface area contributed by atoms with Crippen molar-refractivity contribution in [1.82, 2.24) is 15.3 Å². The Hall–Kier alpha value is -2.63. The summed E-state index contributed by atoms with van der Waals surface area (Å²) in [5, 5.41) is 2.83. The van der Waals surface area contributed by atoms with Crippen LogP contribution in [0.2, 0.25) is 0 Å². The summed E-state index contributed by atoms with van der Waals surface area (Å²) in [5.74, 6) is 1.19. The van der Waals surface area contributed by atoms with Crippen LogP contribution in [0.4, 0.5) is 5.95 Å². The third-order valence-electron chi connectivity index (χ3n) is 2.88. The van der Waals surface area contributed by atoms with Crippen LogP contribution >= 0.6 is 0 Å². The molecule has 0 aliphatic carbocycles. The minimum Gasteiger partial charge on any atom is -0.497 e. The molecule has 0 aliphatic heterocycles. The van der Waals surface area contributed by atoms with E-state index in [1.54, 1.807) is 43.6 Å². The van der Waals surface area contributed by atoms with E-state index in [0.717, 1.165) is 11.4 Å². The first kappa shape index (κ1) is 14.8.